The Morgan fingerprint density at radius 1 is 1.00 bits per heavy atom. The van der Waals surface area contributed by atoms with Crippen molar-refractivity contribution in [3.63, 3.8) is 0 Å². The number of carbonyl (C=O) groups is 2. The van der Waals surface area contributed by atoms with Crippen LogP contribution in [0.3, 0.4) is 0 Å². The largest absolute Gasteiger partial charge is 0.390 e. The number of imide groups is 1. The highest BCUT2D eigenvalue weighted by Crippen LogP contribution is 2.55. The van der Waals surface area contributed by atoms with Crippen LogP contribution in [0.1, 0.15) is 52.5 Å². The van der Waals surface area contributed by atoms with E-state index in [0.29, 0.717) is 30.4 Å². The zero-order valence-electron chi connectivity index (χ0n) is 13.8. The molecule has 0 unspecified atom stereocenters. The van der Waals surface area contributed by atoms with E-state index in [4.69, 9.17) is 0 Å². The average Bonchev–Trinajstić information content (AvgIpc) is 2.85. The SMILES string of the molecule is CC[C@]1(O)C[C@](c2ccc(Br)cc2)(N2C(=O)c3ccccc3C2=O)C1. The van der Waals surface area contributed by atoms with E-state index in [1.807, 2.05) is 31.2 Å². The van der Waals surface area contributed by atoms with Crippen LogP contribution >= 0.6 is 15.9 Å². The van der Waals surface area contributed by atoms with Gasteiger partial charge in [0.1, 0.15) is 0 Å². The van der Waals surface area contributed by atoms with Gasteiger partial charge in [-0.25, -0.2) is 0 Å². The molecule has 1 aliphatic heterocycles. The third kappa shape index (κ3) is 2.29. The van der Waals surface area contributed by atoms with E-state index in [1.54, 1.807) is 24.3 Å². The molecule has 1 heterocycles. The molecule has 0 radical (unpaired) electrons. The van der Waals surface area contributed by atoms with Gasteiger partial charge in [-0.05, 0) is 36.2 Å². The van der Waals surface area contributed by atoms with Gasteiger partial charge in [0.25, 0.3) is 11.8 Å². The van der Waals surface area contributed by atoms with Crippen molar-refractivity contribution in [2.45, 2.75) is 37.3 Å². The second kappa shape index (κ2) is 5.51. The lowest BCUT2D eigenvalue weighted by Crippen LogP contribution is -2.64. The van der Waals surface area contributed by atoms with Gasteiger partial charge in [-0.2, -0.15) is 0 Å². The minimum atomic E-state index is -0.845. The fourth-order valence-corrected chi connectivity index (χ4v) is 4.38. The predicted molar refractivity (Wildman–Crippen MR) is 97.2 cm³/mol. The molecule has 0 bridgehead atoms. The molecule has 2 aromatic carbocycles. The number of amides is 2. The van der Waals surface area contributed by atoms with Gasteiger partial charge < -0.3 is 5.11 Å². The van der Waals surface area contributed by atoms with E-state index in [9.17, 15) is 14.7 Å². The first-order valence-corrected chi connectivity index (χ1v) is 9.16. The van der Waals surface area contributed by atoms with Crippen molar-refractivity contribution in [1.29, 1.82) is 0 Å². The summed E-state index contributed by atoms with van der Waals surface area (Å²) in [6.07, 6.45) is 1.32. The van der Waals surface area contributed by atoms with Crippen LogP contribution in [0.2, 0.25) is 0 Å². The van der Waals surface area contributed by atoms with Crippen molar-refractivity contribution in [2.24, 2.45) is 0 Å². The molecule has 0 saturated heterocycles. The van der Waals surface area contributed by atoms with E-state index in [2.05, 4.69) is 15.9 Å². The maximum Gasteiger partial charge on any atom is 0.262 e. The first-order chi connectivity index (χ1) is 11.9. The number of hydrogen-bond donors (Lipinski definition) is 1. The fraction of sp³-hybridized carbons (Fsp3) is 0.300. The minimum absolute atomic E-state index is 0.276. The number of rotatable bonds is 3. The van der Waals surface area contributed by atoms with E-state index >= 15 is 0 Å². The molecule has 1 N–H and O–H groups in total. The monoisotopic (exact) mass is 399 g/mol. The van der Waals surface area contributed by atoms with Crippen molar-refractivity contribution in [2.75, 3.05) is 0 Å². The summed E-state index contributed by atoms with van der Waals surface area (Å²) >= 11 is 3.42. The molecule has 4 rings (SSSR count). The minimum Gasteiger partial charge on any atom is -0.390 e. The molecule has 2 aromatic rings. The van der Waals surface area contributed by atoms with Crippen LogP contribution in [0.5, 0.6) is 0 Å². The van der Waals surface area contributed by atoms with Gasteiger partial charge in [0, 0.05) is 17.3 Å². The molecular weight excluding hydrogens is 382 g/mol. The van der Waals surface area contributed by atoms with Crippen LogP contribution in [0, 0.1) is 0 Å². The van der Waals surface area contributed by atoms with Gasteiger partial charge in [0.05, 0.1) is 22.3 Å². The van der Waals surface area contributed by atoms with Gasteiger partial charge in [0.2, 0.25) is 0 Å². The smallest absolute Gasteiger partial charge is 0.262 e. The van der Waals surface area contributed by atoms with Crippen molar-refractivity contribution >= 4 is 27.7 Å². The van der Waals surface area contributed by atoms with Gasteiger partial charge in [-0.1, -0.05) is 47.1 Å². The number of halogens is 1. The maximum absolute atomic E-state index is 13.0. The zero-order chi connectivity index (χ0) is 17.8. The van der Waals surface area contributed by atoms with Crippen LogP contribution in [0.4, 0.5) is 0 Å². The highest BCUT2D eigenvalue weighted by Gasteiger charge is 2.61. The first-order valence-electron chi connectivity index (χ1n) is 8.37. The van der Waals surface area contributed by atoms with Gasteiger partial charge in [0.15, 0.2) is 0 Å². The summed E-state index contributed by atoms with van der Waals surface area (Å²) in [6.45, 7) is 1.92. The van der Waals surface area contributed by atoms with Crippen LogP contribution in [-0.2, 0) is 5.54 Å². The topological polar surface area (TPSA) is 57.6 Å². The maximum atomic E-state index is 13.0. The molecule has 2 amide bonds. The Morgan fingerprint density at radius 2 is 1.52 bits per heavy atom. The van der Waals surface area contributed by atoms with Crippen molar-refractivity contribution in [3.05, 3.63) is 69.7 Å². The molecule has 25 heavy (non-hydrogen) atoms. The summed E-state index contributed by atoms with van der Waals surface area (Å²) in [6, 6.07) is 14.6. The molecule has 1 saturated carbocycles. The number of aliphatic hydroxyl groups is 1. The summed E-state index contributed by atoms with van der Waals surface area (Å²) in [5.41, 5.74) is 0.122. The standard InChI is InChI=1S/C20H18BrNO3/c1-2-19(25)11-20(12-19,13-7-9-14(21)10-8-13)22-17(23)15-5-3-4-6-16(15)18(22)24/h3-10,25H,2,11-12H2,1H3/t19-,20-. The van der Waals surface area contributed by atoms with Crippen LogP contribution in [0.25, 0.3) is 0 Å². The van der Waals surface area contributed by atoms with Gasteiger partial charge in [-0.15, -0.1) is 0 Å². The average molecular weight is 400 g/mol. The molecule has 1 aliphatic carbocycles. The number of benzene rings is 2. The fourth-order valence-electron chi connectivity index (χ4n) is 4.12. The lowest BCUT2D eigenvalue weighted by atomic mass is 9.60. The zero-order valence-corrected chi connectivity index (χ0v) is 15.4. The predicted octanol–water partition coefficient (Wildman–Crippen LogP) is 3.88. The third-order valence-corrected chi connectivity index (χ3v) is 6.03. The number of nitrogens with zero attached hydrogens (tertiary/aromatic N) is 1. The highest BCUT2D eigenvalue weighted by atomic mass is 79.9. The van der Waals surface area contributed by atoms with Crippen molar-refractivity contribution in [3.8, 4) is 0 Å². The molecule has 0 spiro atoms. The van der Waals surface area contributed by atoms with Crippen LogP contribution in [0.15, 0.2) is 53.0 Å². The summed E-state index contributed by atoms with van der Waals surface area (Å²) in [4.78, 5) is 27.4. The molecule has 5 heteroatoms. The van der Waals surface area contributed by atoms with Gasteiger partial charge >= 0.3 is 0 Å². The Morgan fingerprint density at radius 3 is 2.00 bits per heavy atom. The van der Waals surface area contributed by atoms with E-state index in [1.165, 1.54) is 4.90 Å². The molecule has 0 aromatic heterocycles. The Kier molecular flexibility index (Phi) is 3.63. The van der Waals surface area contributed by atoms with E-state index < -0.39 is 11.1 Å². The molecular formula is C20H18BrNO3. The normalized spacial score (nSPS) is 28.0. The Bertz CT molecular complexity index is 834. The lowest BCUT2D eigenvalue weighted by Gasteiger charge is -2.56. The molecule has 2 aliphatic rings. The Balaban J connectivity index is 1.82. The molecule has 0 atom stereocenters. The molecule has 128 valence electrons. The van der Waals surface area contributed by atoms with Crippen LogP contribution in [-0.4, -0.2) is 27.4 Å². The third-order valence-electron chi connectivity index (χ3n) is 5.50. The summed E-state index contributed by atoms with van der Waals surface area (Å²) in [5, 5.41) is 10.7. The van der Waals surface area contributed by atoms with Crippen molar-refractivity contribution in [1.82, 2.24) is 4.90 Å². The summed E-state index contributed by atoms with van der Waals surface area (Å²) in [7, 11) is 0. The number of carbonyl (C=O) groups excluding carboxylic acids is 2. The van der Waals surface area contributed by atoms with Crippen LogP contribution < -0.4 is 0 Å². The Labute approximate surface area is 154 Å². The van der Waals surface area contributed by atoms with Crippen molar-refractivity contribution < 1.29 is 14.7 Å². The number of fused-ring (bicyclic) bond motifs is 1. The Hall–Kier alpha value is -1.98. The molecule has 1 fully saturated rings. The second-order valence-electron chi connectivity index (χ2n) is 6.96. The quantitative estimate of drug-likeness (QED) is 0.796. The highest BCUT2D eigenvalue weighted by molar-refractivity contribution is 9.10. The lowest BCUT2D eigenvalue weighted by molar-refractivity contribution is -0.132. The summed E-state index contributed by atoms with van der Waals surface area (Å²) < 4.78 is 0.929. The summed E-state index contributed by atoms with van der Waals surface area (Å²) in [5.74, 6) is -0.552. The van der Waals surface area contributed by atoms with E-state index in [0.717, 1.165) is 10.0 Å². The number of hydrogen-bond acceptors (Lipinski definition) is 3. The van der Waals surface area contributed by atoms with Gasteiger partial charge in [-0.3, -0.25) is 14.5 Å². The molecule has 4 nitrogen and oxygen atoms in total. The van der Waals surface area contributed by atoms with E-state index in [-0.39, 0.29) is 11.8 Å². The first kappa shape index (κ1) is 16.5. The second-order valence-corrected chi connectivity index (χ2v) is 7.88.